The van der Waals surface area contributed by atoms with E-state index in [2.05, 4.69) is 0 Å². The van der Waals surface area contributed by atoms with E-state index in [-0.39, 0.29) is 17.2 Å². The Bertz CT molecular complexity index is 1350. The molecule has 4 nitrogen and oxygen atoms in total. The molecule has 1 fully saturated rings. The van der Waals surface area contributed by atoms with E-state index in [0.29, 0.717) is 12.1 Å². The number of aryl methyl sites for hydroxylation is 1. The molecule has 33 heavy (non-hydrogen) atoms. The SMILES string of the molecule is C/C=C1\CN(S(=O)(=O)c2ccc(C)cc2)CC1=C(c1ccccc1)c1ccccc1C(C)=O. The van der Waals surface area contributed by atoms with Gasteiger partial charge in [0, 0.05) is 18.7 Å². The van der Waals surface area contributed by atoms with Gasteiger partial charge in [0.2, 0.25) is 10.0 Å². The number of allylic oxidation sites excluding steroid dienone is 1. The topological polar surface area (TPSA) is 54.5 Å². The maximum absolute atomic E-state index is 13.4. The van der Waals surface area contributed by atoms with Crippen molar-refractivity contribution < 1.29 is 13.2 Å². The van der Waals surface area contributed by atoms with Gasteiger partial charge in [-0.05, 0) is 60.8 Å². The van der Waals surface area contributed by atoms with Crippen molar-refractivity contribution in [2.75, 3.05) is 13.1 Å². The maximum Gasteiger partial charge on any atom is 0.243 e. The average molecular weight is 458 g/mol. The second-order valence-electron chi connectivity index (χ2n) is 8.22. The molecule has 0 bridgehead atoms. The van der Waals surface area contributed by atoms with Crippen molar-refractivity contribution in [3.63, 3.8) is 0 Å². The number of benzene rings is 3. The molecule has 3 aromatic carbocycles. The van der Waals surface area contributed by atoms with Gasteiger partial charge in [-0.3, -0.25) is 4.79 Å². The maximum atomic E-state index is 13.4. The third kappa shape index (κ3) is 4.47. The van der Waals surface area contributed by atoms with Crippen molar-refractivity contribution >= 4 is 21.4 Å². The van der Waals surface area contributed by atoms with Gasteiger partial charge in [-0.1, -0.05) is 78.4 Å². The molecule has 0 atom stereocenters. The lowest BCUT2D eigenvalue weighted by Gasteiger charge is -2.17. The molecule has 0 unspecified atom stereocenters. The molecule has 1 aliphatic heterocycles. The van der Waals surface area contributed by atoms with Crippen molar-refractivity contribution in [1.82, 2.24) is 4.31 Å². The fraction of sp³-hybridized carbons (Fsp3) is 0.179. The lowest BCUT2D eigenvalue weighted by atomic mass is 9.87. The van der Waals surface area contributed by atoms with E-state index in [1.54, 1.807) is 19.1 Å². The number of carbonyl (C=O) groups is 1. The first-order valence-corrected chi connectivity index (χ1v) is 12.4. The lowest BCUT2D eigenvalue weighted by molar-refractivity contribution is 0.101. The van der Waals surface area contributed by atoms with Crippen molar-refractivity contribution in [2.24, 2.45) is 0 Å². The molecule has 1 aliphatic rings. The van der Waals surface area contributed by atoms with Gasteiger partial charge in [0.25, 0.3) is 0 Å². The molecule has 3 aromatic rings. The van der Waals surface area contributed by atoms with E-state index in [9.17, 15) is 13.2 Å². The Labute approximate surface area is 195 Å². The number of rotatable bonds is 5. The van der Waals surface area contributed by atoms with Crippen molar-refractivity contribution in [2.45, 2.75) is 25.7 Å². The second kappa shape index (κ2) is 9.30. The number of hydrogen-bond donors (Lipinski definition) is 0. The minimum atomic E-state index is -3.66. The van der Waals surface area contributed by atoms with Crippen molar-refractivity contribution in [3.8, 4) is 0 Å². The molecule has 4 rings (SSSR count). The Morgan fingerprint density at radius 3 is 2.06 bits per heavy atom. The number of hydrogen-bond acceptors (Lipinski definition) is 3. The predicted molar refractivity (Wildman–Crippen MR) is 133 cm³/mol. The molecule has 1 heterocycles. The van der Waals surface area contributed by atoms with Crippen LogP contribution in [-0.4, -0.2) is 31.6 Å². The zero-order chi connectivity index (χ0) is 23.6. The smallest absolute Gasteiger partial charge is 0.243 e. The van der Waals surface area contributed by atoms with Gasteiger partial charge < -0.3 is 0 Å². The standard InChI is InChI=1S/C28H27NO3S/c1-4-22-18-29(33(31,32)24-16-14-20(2)15-17-24)19-27(22)28(23-10-6-5-7-11-23)26-13-9-8-12-25(26)21(3)30/h4-17H,18-19H2,1-3H3/b22-4+,28-27?. The first-order chi connectivity index (χ1) is 15.8. The molecule has 0 aromatic heterocycles. The highest BCUT2D eigenvalue weighted by atomic mass is 32.2. The van der Waals surface area contributed by atoms with Gasteiger partial charge in [-0.2, -0.15) is 4.31 Å². The molecular formula is C28H27NO3S. The van der Waals surface area contributed by atoms with E-state index in [1.165, 1.54) is 4.31 Å². The van der Waals surface area contributed by atoms with E-state index in [1.807, 2.05) is 86.7 Å². The quantitative estimate of drug-likeness (QED) is 0.465. The van der Waals surface area contributed by atoms with Crippen LogP contribution in [0, 0.1) is 6.92 Å². The number of carbonyl (C=O) groups excluding carboxylic acids is 1. The molecule has 0 N–H and O–H groups in total. The Morgan fingerprint density at radius 1 is 0.848 bits per heavy atom. The zero-order valence-electron chi connectivity index (χ0n) is 19.1. The average Bonchev–Trinajstić information content (AvgIpc) is 3.25. The molecule has 0 saturated carbocycles. The first-order valence-electron chi connectivity index (χ1n) is 10.9. The largest absolute Gasteiger partial charge is 0.294 e. The summed E-state index contributed by atoms with van der Waals surface area (Å²) in [5.41, 5.74) is 6.18. The fourth-order valence-electron chi connectivity index (χ4n) is 4.26. The monoisotopic (exact) mass is 457 g/mol. The molecule has 1 saturated heterocycles. The van der Waals surface area contributed by atoms with E-state index in [4.69, 9.17) is 0 Å². The second-order valence-corrected chi connectivity index (χ2v) is 10.2. The van der Waals surface area contributed by atoms with Crippen LogP contribution in [0.2, 0.25) is 0 Å². The third-order valence-electron chi connectivity index (χ3n) is 6.02. The fourth-order valence-corrected chi connectivity index (χ4v) is 5.65. The van der Waals surface area contributed by atoms with E-state index < -0.39 is 10.0 Å². The Kier molecular flexibility index (Phi) is 6.45. The van der Waals surface area contributed by atoms with Crippen molar-refractivity contribution in [1.29, 1.82) is 0 Å². The van der Waals surface area contributed by atoms with Crippen LogP contribution >= 0.6 is 0 Å². The number of ketones is 1. The van der Waals surface area contributed by atoms with Gasteiger partial charge in [-0.25, -0.2) is 8.42 Å². The van der Waals surface area contributed by atoms with Gasteiger partial charge >= 0.3 is 0 Å². The number of Topliss-reactive ketones (excluding diaryl/α,β-unsaturated/α-hetero) is 1. The molecule has 168 valence electrons. The highest BCUT2D eigenvalue weighted by Gasteiger charge is 2.34. The summed E-state index contributed by atoms with van der Waals surface area (Å²) in [7, 11) is -3.66. The van der Waals surface area contributed by atoms with Gasteiger partial charge in [0.15, 0.2) is 5.78 Å². The van der Waals surface area contributed by atoms with Crippen molar-refractivity contribution in [3.05, 3.63) is 118 Å². The van der Waals surface area contributed by atoms with Gasteiger partial charge in [-0.15, -0.1) is 0 Å². The van der Waals surface area contributed by atoms with Crippen LogP contribution in [0.4, 0.5) is 0 Å². The van der Waals surface area contributed by atoms with Crippen LogP contribution < -0.4 is 0 Å². The molecule has 5 heteroatoms. The summed E-state index contributed by atoms with van der Waals surface area (Å²) in [6.45, 7) is 5.96. The predicted octanol–water partition coefficient (Wildman–Crippen LogP) is 5.65. The summed E-state index contributed by atoms with van der Waals surface area (Å²) in [6, 6.07) is 24.3. The number of nitrogens with zero attached hydrogens (tertiary/aromatic N) is 1. The Hall–Kier alpha value is -3.28. The first kappa shape index (κ1) is 22.9. The summed E-state index contributed by atoms with van der Waals surface area (Å²) in [4.78, 5) is 12.7. The Morgan fingerprint density at radius 2 is 1.45 bits per heavy atom. The van der Waals surface area contributed by atoms with E-state index >= 15 is 0 Å². The lowest BCUT2D eigenvalue weighted by Crippen LogP contribution is -2.28. The summed E-state index contributed by atoms with van der Waals surface area (Å²) < 4.78 is 28.4. The molecule has 0 aliphatic carbocycles. The van der Waals surface area contributed by atoms with Crippen LogP contribution in [0.15, 0.2) is 101 Å². The minimum Gasteiger partial charge on any atom is -0.294 e. The van der Waals surface area contributed by atoms with E-state index in [0.717, 1.165) is 33.4 Å². The van der Waals surface area contributed by atoms with Crippen LogP contribution in [-0.2, 0) is 10.0 Å². The molecular weight excluding hydrogens is 430 g/mol. The molecule has 0 spiro atoms. The summed E-state index contributed by atoms with van der Waals surface area (Å²) in [5.74, 6) is -0.0243. The summed E-state index contributed by atoms with van der Waals surface area (Å²) >= 11 is 0. The summed E-state index contributed by atoms with van der Waals surface area (Å²) in [6.07, 6.45) is 1.97. The third-order valence-corrected chi connectivity index (χ3v) is 7.82. The molecule has 0 amide bonds. The highest BCUT2D eigenvalue weighted by molar-refractivity contribution is 7.89. The summed E-state index contributed by atoms with van der Waals surface area (Å²) in [5, 5.41) is 0. The van der Waals surface area contributed by atoms with Crippen LogP contribution in [0.5, 0.6) is 0 Å². The Balaban J connectivity index is 1.91. The number of sulfonamides is 1. The van der Waals surface area contributed by atoms with Gasteiger partial charge in [0.05, 0.1) is 4.90 Å². The van der Waals surface area contributed by atoms with Crippen LogP contribution in [0.1, 0.15) is 40.9 Å². The van der Waals surface area contributed by atoms with Crippen LogP contribution in [0.25, 0.3) is 5.57 Å². The highest BCUT2D eigenvalue weighted by Crippen LogP contribution is 2.38. The minimum absolute atomic E-state index is 0.0243. The molecule has 0 radical (unpaired) electrons. The van der Waals surface area contributed by atoms with Crippen LogP contribution in [0.3, 0.4) is 0 Å². The van der Waals surface area contributed by atoms with Gasteiger partial charge in [0.1, 0.15) is 0 Å². The normalized spacial score (nSPS) is 17.4. The zero-order valence-corrected chi connectivity index (χ0v) is 19.9.